The maximum absolute atomic E-state index is 4.97. The van der Waals surface area contributed by atoms with Crippen LogP contribution in [-0.4, -0.2) is 0 Å². The third-order valence-electron chi connectivity index (χ3n) is 0. The first-order chi connectivity index (χ1) is 1.41. The summed E-state index contributed by atoms with van der Waals surface area (Å²) in [5.41, 5.74) is 0. The Kier molecular flexibility index (Phi) is 49.8. The average Bonchev–Trinajstić information content (AvgIpc) is 0.918. The van der Waals surface area contributed by atoms with Gasteiger partial charge in [-0.25, -0.2) is 0 Å². The van der Waals surface area contributed by atoms with E-state index in [0.717, 1.165) is 0 Å². The van der Waals surface area contributed by atoms with Gasteiger partial charge in [-0.1, -0.05) is 0 Å². The Morgan fingerprint density at radius 1 is 1.40 bits per heavy atom. The fourth-order valence-electron chi connectivity index (χ4n) is 0. The summed E-state index contributed by atoms with van der Waals surface area (Å²) < 4.78 is 0. The molecule has 0 bridgehead atoms. The van der Waals surface area contributed by atoms with Crippen LogP contribution in [0.25, 0.3) is 0 Å². The molecule has 0 saturated carbocycles. The van der Waals surface area contributed by atoms with Crippen molar-refractivity contribution in [3.8, 4) is 0 Å². The van der Waals surface area contributed by atoms with Gasteiger partial charge in [-0.3, -0.25) is 0 Å². The van der Waals surface area contributed by atoms with Crippen LogP contribution in [0.4, 0.5) is 0 Å². The van der Waals surface area contributed by atoms with Crippen LogP contribution in [0.3, 0.4) is 0 Å². The average molecular weight is 289 g/mol. The van der Waals surface area contributed by atoms with E-state index in [1.54, 1.807) is 0 Å². The fraction of sp³-hybridized carbons (Fsp3) is 0. The van der Waals surface area contributed by atoms with Crippen LogP contribution in [0.15, 0.2) is 0 Å². The predicted molar refractivity (Wildman–Crippen MR) is 12.8 cm³/mol. The summed E-state index contributed by atoms with van der Waals surface area (Å²) in [6.45, 7) is 0. The molecular formula is HCdCl2KZn. The maximum Gasteiger partial charge on any atom is 1.00 e. The molecule has 0 aliphatic rings. The first kappa shape index (κ1) is 15.9. The van der Waals surface area contributed by atoms with E-state index in [1.807, 2.05) is 0 Å². The van der Waals surface area contributed by atoms with Gasteiger partial charge < -0.3 is 1.43 Å². The van der Waals surface area contributed by atoms with Crippen molar-refractivity contribution >= 4 is 16.6 Å². The van der Waals surface area contributed by atoms with E-state index in [-0.39, 0.29) is 72.3 Å². The molecule has 0 aromatic rings. The molecule has 0 unspecified atom stereocenters. The third-order valence-corrected chi connectivity index (χ3v) is 0. The Morgan fingerprint density at radius 2 is 1.40 bits per heavy atom. The molecule has 20 valence electrons. The number of hydrogen-bond donors (Lipinski definition) is 0. The second kappa shape index (κ2) is 15.7. The van der Waals surface area contributed by atoms with Crippen molar-refractivity contribution in [2.45, 2.75) is 0 Å². The first-order valence-electron chi connectivity index (χ1n) is 0.535. The van der Waals surface area contributed by atoms with Crippen LogP contribution in [0.5, 0.6) is 0 Å². The molecule has 0 nitrogen and oxygen atoms in total. The summed E-state index contributed by atoms with van der Waals surface area (Å²) >= 11 is -1.07. The van der Waals surface area contributed by atoms with E-state index in [2.05, 4.69) is 0 Å². The normalized spacial score (nSPS) is 2.00. The number of rotatable bonds is 0. The van der Waals surface area contributed by atoms with Crippen LogP contribution in [0, 0.1) is 0 Å². The fourth-order valence-corrected chi connectivity index (χ4v) is 0. The van der Waals surface area contributed by atoms with Crippen LogP contribution in [-0.2, 0) is 41.3 Å². The van der Waals surface area contributed by atoms with E-state index in [9.17, 15) is 0 Å². The maximum atomic E-state index is 4.97. The van der Waals surface area contributed by atoms with Gasteiger partial charge in [0.05, 0.1) is 0 Å². The van der Waals surface area contributed by atoms with Gasteiger partial charge in [-0.05, 0) is 0 Å². The van der Waals surface area contributed by atoms with Crippen molar-refractivity contribution in [3.05, 3.63) is 0 Å². The molecule has 0 saturated heterocycles. The van der Waals surface area contributed by atoms with E-state index in [0.29, 0.717) is 0 Å². The Bertz CT molecular complexity index is 13.5. The van der Waals surface area contributed by atoms with Gasteiger partial charge in [0, 0.05) is 19.5 Å². The van der Waals surface area contributed by atoms with E-state index in [1.165, 1.54) is 0 Å². The number of hydrogen-bond acceptors (Lipinski definition) is 0. The molecule has 0 fully saturated rings. The Morgan fingerprint density at radius 3 is 1.40 bits per heavy atom. The van der Waals surface area contributed by atoms with Gasteiger partial charge in [-0.15, -0.1) is 0 Å². The molecule has 0 amide bonds. The smallest absolute Gasteiger partial charge is 1.00 e. The van der Waals surface area contributed by atoms with Crippen LogP contribution < -0.4 is 51.4 Å². The van der Waals surface area contributed by atoms with E-state index in [4.69, 9.17) is 16.6 Å². The molecule has 0 aliphatic heterocycles. The molecular weight excluding hydrogens is 288 g/mol. The molecule has 0 aliphatic carbocycles. The van der Waals surface area contributed by atoms with Crippen molar-refractivity contribution in [2.24, 2.45) is 0 Å². The second-order valence-corrected chi connectivity index (χ2v) is 6.10. The van der Waals surface area contributed by atoms with Crippen LogP contribution in [0.2, 0.25) is 0 Å². The van der Waals surface area contributed by atoms with Gasteiger partial charge in [0.2, 0.25) is 0 Å². The molecule has 0 atom stereocenters. The monoisotopic (exact) mass is 288 g/mol. The van der Waals surface area contributed by atoms with E-state index < -0.39 is 21.8 Å². The van der Waals surface area contributed by atoms with Crippen molar-refractivity contribution in [1.29, 1.82) is 0 Å². The van der Waals surface area contributed by atoms with Crippen LogP contribution in [0.1, 0.15) is 1.43 Å². The predicted octanol–water partition coefficient (Wildman–Crippen LogP) is -1.51. The van der Waals surface area contributed by atoms with Gasteiger partial charge in [-0.2, -0.15) is 0 Å². The van der Waals surface area contributed by atoms with E-state index >= 15 is 0 Å². The van der Waals surface area contributed by atoms with Crippen molar-refractivity contribution < 1.29 is 94.1 Å². The molecule has 0 rings (SSSR count). The largest absolute Gasteiger partial charge is 1.00 e. The standard InChI is InChI=1S/Cd.2ClH.K.Zn.H/h;2*1H;;;/q+2;;;+1;;-1/p-2. The Labute approximate surface area is 108 Å². The molecule has 5 heteroatoms. The minimum absolute atomic E-state index is 0. The third kappa shape index (κ3) is 18.2. The topological polar surface area (TPSA) is 0 Å². The minimum atomic E-state index is -1.07. The summed E-state index contributed by atoms with van der Waals surface area (Å²) in [5.74, 6) is 0. The Hall–Kier alpha value is 3.76. The quantitative estimate of drug-likeness (QED) is 0.476. The van der Waals surface area contributed by atoms with Crippen molar-refractivity contribution in [2.75, 3.05) is 0 Å². The molecule has 0 aromatic carbocycles. The molecule has 0 spiro atoms. The van der Waals surface area contributed by atoms with Crippen molar-refractivity contribution in [3.63, 3.8) is 0 Å². The van der Waals surface area contributed by atoms with Crippen LogP contribution >= 0.6 is 16.6 Å². The zero-order valence-electron chi connectivity index (χ0n) is 4.17. The molecule has 5 heavy (non-hydrogen) atoms. The van der Waals surface area contributed by atoms with Gasteiger partial charge in [0.25, 0.3) is 0 Å². The minimum Gasteiger partial charge on any atom is -1.00 e. The number of halogens is 2. The summed E-state index contributed by atoms with van der Waals surface area (Å²) in [6, 6.07) is 0. The van der Waals surface area contributed by atoms with Gasteiger partial charge >= 0.3 is 89.8 Å². The molecule has 0 radical (unpaired) electrons. The first-order valence-corrected chi connectivity index (χ1v) is 10.8. The molecule has 0 N–H and O–H groups in total. The second-order valence-electron chi connectivity index (χ2n) is 0.101. The van der Waals surface area contributed by atoms with Gasteiger partial charge in [0.15, 0.2) is 0 Å². The summed E-state index contributed by atoms with van der Waals surface area (Å²) in [4.78, 5) is 0. The Balaban J connectivity index is -0.00000000667. The van der Waals surface area contributed by atoms with Gasteiger partial charge in [0.1, 0.15) is 0 Å². The summed E-state index contributed by atoms with van der Waals surface area (Å²) in [6.07, 6.45) is 0. The van der Waals surface area contributed by atoms with Crippen molar-refractivity contribution in [1.82, 2.24) is 0 Å². The molecule has 0 heterocycles. The summed E-state index contributed by atoms with van der Waals surface area (Å²) in [7, 11) is 9.95. The SMILES string of the molecule is [Cl][Cd][Cl].[H-].[K+].[Zn]. The molecule has 0 aromatic heterocycles. The summed E-state index contributed by atoms with van der Waals surface area (Å²) in [5, 5.41) is 0. The zero-order chi connectivity index (χ0) is 2.71. The zero-order valence-corrected chi connectivity index (χ0v) is 14.8.